The van der Waals surface area contributed by atoms with Crippen molar-refractivity contribution in [3.05, 3.63) is 59.9 Å². The molecule has 2 rings (SSSR count). The van der Waals surface area contributed by atoms with Crippen LogP contribution in [-0.4, -0.2) is 34.3 Å². The lowest BCUT2D eigenvalue weighted by atomic mass is 10.2. The Morgan fingerprint density at radius 1 is 1.23 bits per heavy atom. The quantitative estimate of drug-likeness (QED) is 0.554. The van der Waals surface area contributed by atoms with Gasteiger partial charge in [0.25, 0.3) is 5.91 Å². The van der Waals surface area contributed by atoms with Crippen LogP contribution < -0.4 is 5.32 Å². The Balaban J connectivity index is 1.78. The minimum atomic E-state index is -0.555. The number of ether oxygens (including phenoxy) is 1. The summed E-state index contributed by atoms with van der Waals surface area (Å²) in [6.45, 7) is 4.39. The Morgan fingerprint density at radius 3 is 2.65 bits per heavy atom. The molecule has 1 aromatic heterocycles. The first-order chi connectivity index (χ1) is 12.6. The van der Waals surface area contributed by atoms with E-state index in [2.05, 4.69) is 10.4 Å². The van der Waals surface area contributed by atoms with Gasteiger partial charge in [0, 0.05) is 23.9 Å². The fraction of sp³-hybridized carbons (Fsp3) is 0.350. The third kappa shape index (κ3) is 6.55. The fourth-order valence-electron chi connectivity index (χ4n) is 2.43. The number of rotatable bonds is 9. The maximum Gasteiger partial charge on any atom is 0.331 e. The molecule has 6 heteroatoms. The van der Waals surface area contributed by atoms with Gasteiger partial charge in [-0.1, -0.05) is 44.2 Å². The topological polar surface area (TPSA) is 73.2 Å². The van der Waals surface area contributed by atoms with Crippen LogP contribution in [-0.2, 0) is 20.9 Å². The Bertz CT molecular complexity index is 734. The lowest BCUT2D eigenvalue weighted by molar-refractivity contribution is -0.144. The van der Waals surface area contributed by atoms with Crippen LogP contribution in [0, 0.1) is 0 Å². The van der Waals surface area contributed by atoms with E-state index in [1.54, 1.807) is 17.0 Å². The zero-order chi connectivity index (χ0) is 18.8. The molecule has 1 heterocycles. The van der Waals surface area contributed by atoms with Crippen LogP contribution in [0.3, 0.4) is 0 Å². The first kappa shape index (κ1) is 19.4. The van der Waals surface area contributed by atoms with Crippen molar-refractivity contribution in [2.45, 2.75) is 39.3 Å². The van der Waals surface area contributed by atoms with Crippen molar-refractivity contribution < 1.29 is 14.3 Å². The number of benzene rings is 1. The van der Waals surface area contributed by atoms with E-state index in [0.29, 0.717) is 6.54 Å². The third-order valence-electron chi connectivity index (χ3n) is 3.95. The van der Waals surface area contributed by atoms with Crippen molar-refractivity contribution in [2.24, 2.45) is 0 Å². The largest absolute Gasteiger partial charge is 0.452 e. The highest BCUT2D eigenvalue weighted by atomic mass is 16.5. The van der Waals surface area contributed by atoms with Crippen molar-refractivity contribution >= 4 is 18.0 Å². The zero-order valence-corrected chi connectivity index (χ0v) is 15.2. The number of hydrogen-bond donors (Lipinski definition) is 1. The molecule has 6 nitrogen and oxygen atoms in total. The van der Waals surface area contributed by atoms with Crippen LogP contribution >= 0.6 is 0 Å². The second kappa shape index (κ2) is 10.2. The number of esters is 1. The number of carbonyl (C=O) groups is 2. The van der Waals surface area contributed by atoms with Crippen LogP contribution in [0.15, 0.2) is 48.8 Å². The lowest BCUT2D eigenvalue weighted by Crippen LogP contribution is -2.36. The molecular weight excluding hydrogens is 330 g/mol. The molecule has 0 aliphatic heterocycles. The van der Waals surface area contributed by atoms with Crippen LogP contribution in [0.1, 0.15) is 37.8 Å². The van der Waals surface area contributed by atoms with Crippen LogP contribution in [0.2, 0.25) is 0 Å². The molecule has 1 amide bonds. The molecule has 0 saturated carbocycles. The van der Waals surface area contributed by atoms with Gasteiger partial charge >= 0.3 is 5.97 Å². The van der Waals surface area contributed by atoms with E-state index in [9.17, 15) is 9.59 Å². The molecule has 2 aromatic rings. The van der Waals surface area contributed by atoms with Gasteiger partial charge in [-0.3, -0.25) is 9.48 Å². The van der Waals surface area contributed by atoms with Gasteiger partial charge in [0.05, 0.1) is 12.7 Å². The number of nitrogens with zero attached hydrogens (tertiary/aromatic N) is 2. The minimum Gasteiger partial charge on any atom is -0.452 e. The number of hydrogen-bond acceptors (Lipinski definition) is 4. The van der Waals surface area contributed by atoms with E-state index in [1.807, 2.05) is 50.4 Å². The molecule has 0 aliphatic carbocycles. The van der Waals surface area contributed by atoms with Gasteiger partial charge < -0.3 is 10.1 Å². The molecule has 0 bridgehead atoms. The summed E-state index contributed by atoms with van der Waals surface area (Å²) in [5, 5.41) is 7.08. The summed E-state index contributed by atoms with van der Waals surface area (Å²) in [5.74, 6) is -0.836. The van der Waals surface area contributed by atoms with Crippen molar-refractivity contribution in [3.63, 3.8) is 0 Å². The van der Waals surface area contributed by atoms with Crippen molar-refractivity contribution in [1.82, 2.24) is 15.1 Å². The summed E-state index contributed by atoms with van der Waals surface area (Å²) in [5.41, 5.74) is 1.94. The second-order valence-electron chi connectivity index (χ2n) is 5.98. The molecule has 26 heavy (non-hydrogen) atoms. The molecule has 138 valence electrons. The van der Waals surface area contributed by atoms with E-state index in [4.69, 9.17) is 4.74 Å². The summed E-state index contributed by atoms with van der Waals surface area (Å²) in [7, 11) is 0. The molecule has 0 radical (unpaired) electrons. The van der Waals surface area contributed by atoms with E-state index < -0.39 is 5.97 Å². The molecule has 0 fully saturated rings. The summed E-state index contributed by atoms with van der Waals surface area (Å²) in [4.78, 5) is 23.4. The molecule has 0 saturated heterocycles. The van der Waals surface area contributed by atoms with Gasteiger partial charge in [0.15, 0.2) is 6.61 Å². The predicted octanol–water partition coefficient (Wildman–Crippen LogP) is 2.79. The Kier molecular flexibility index (Phi) is 7.61. The standard InChI is InChI=1S/C20H25N3O3/c1-3-18(4-2)22-19(24)15-26-20(25)11-10-17-12-21-23(14-17)13-16-8-6-5-7-9-16/h5-12,14,18H,3-4,13,15H2,1-2H3,(H,22,24)/b11-10+. The van der Waals surface area contributed by atoms with Crippen LogP contribution in [0.5, 0.6) is 0 Å². The smallest absolute Gasteiger partial charge is 0.331 e. The first-order valence-corrected chi connectivity index (χ1v) is 8.81. The highest BCUT2D eigenvalue weighted by Gasteiger charge is 2.09. The number of carbonyl (C=O) groups excluding carboxylic acids is 2. The van der Waals surface area contributed by atoms with Gasteiger partial charge in [-0.25, -0.2) is 4.79 Å². The Labute approximate surface area is 153 Å². The minimum absolute atomic E-state index is 0.118. The fourth-order valence-corrected chi connectivity index (χ4v) is 2.43. The summed E-state index contributed by atoms with van der Waals surface area (Å²) >= 11 is 0. The first-order valence-electron chi connectivity index (χ1n) is 8.81. The lowest BCUT2D eigenvalue weighted by Gasteiger charge is -2.14. The summed E-state index contributed by atoms with van der Waals surface area (Å²) in [6, 6.07) is 10.1. The molecule has 0 aliphatic rings. The van der Waals surface area contributed by atoms with Gasteiger partial charge in [-0.15, -0.1) is 0 Å². The van der Waals surface area contributed by atoms with Crippen molar-refractivity contribution in [1.29, 1.82) is 0 Å². The highest BCUT2D eigenvalue weighted by Crippen LogP contribution is 2.05. The van der Waals surface area contributed by atoms with Gasteiger partial charge in [0.2, 0.25) is 0 Å². The van der Waals surface area contributed by atoms with Crippen LogP contribution in [0.25, 0.3) is 6.08 Å². The Hall–Kier alpha value is -2.89. The molecular formula is C20H25N3O3. The number of amides is 1. The SMILES string of the molecule is CCC(CC)NC(=O)COC(=O)/C=C/c1cnn(Cc2ccccc2)c1. The summed E-state index contributed by atoms with van der Waals surface area (Å²) < 4.78 is 6.75. The molecule has 1 N–H and O–H groups in total. The van der Waals surface area contributed by atoms with Crippen molar-refractivity contribution in [2.75, 3.05) is 6.61 Å². The monoisotopic (exact) mass is 355 g/mol. The van der Waals surface area contributed by atoms with E-state index >= 15 is 0 Å². The molecule has 0 atom stereocenters. The third-order valence-corrected chi connectivity index (χ3v) is 3.95. The second-order valence-corrected chi connectivity index (χ2v) is 5.98. The van der Waals surface area contributed by atoms with E-state index in [1.165, 1.54) is 6.08 Å². The van der Waals surface area contributed by atoms with E-state index in [0.717, 1.165) is 24.0 Å². The van der Waals surface area contributed by atoms with Crippen molar-refractivity contribution in [3.8, 4) is 0 Å². The number of aromatic nitrogens is 2. The van der Waals surface area contributed by atoms with Crippen LogP contribution in [0.4, 0.5) is 0 Å². The average molecular weight is 355 g/mol. The maximum atomic E-state index is 11.7. The van der Waals surface area contributed by atoms with Gasteiger partial charge in [0.1, 0.15) is 0 Å². The van der Waals surface area contributed by atoms with Gasteiger partial charge in [-0.05, 0) is 24.5 Å². The number of nitrogens with one attached hydrogen (secondary N) is 1. The Morgan fingerprint density at radius 2 is 1.96 bits per heavy atom. The summed E-state index contributed by atoms with van der Waals surface area (Å²) in [6.07, 6.45) is 8.14. The maximum absolute atomic E-state index is 11.7. The average Bonchev–Trinajstić information content (AvgIpc) is 3.11. The zero-order valence-electron chi connectivity index (χ0n) is 15.2. The van der Waals surface area contributed by atoms with E-state index in [-0.39, 0.29) is 18.6 Å². The predicted molar refractivity (Wildman–Crippen MR) is 100 cm³/mol. The molecule has 1 aromatic carbocycles. The normalized spacial score (nSPS) is 11.0. The highest BCUT2D eigenvalue weighted by molar-refractivity contribution is 5.89. The molecule has 0 unspecified atom stereocenters. The van der Waals surface area contributed by atoms with Gasteiger partial charge in [-0.2, -0.15) is 5.10 Å². The molecule has 0 spiro atoms.